The standard InChI is InChI=1S/C40H60O17S/c1-17(2)18(3)33(51-20(5)41)34(52-21(6)42)19(4)27-15-28(47)31-30-26(13-14-39(27,31)11)40(12)16-29(57-58(48,49)50)35(53-22(7)43)37(55-24(9)45)32(40)38(56-25(10)46)36(30)54-23(8)44/h17-19,26-27,29-38H,13-16H2,1-12H3,(H,48,49,50)/t18-,19-,26-,27+,29-,30+,31-,32+,33+,34+,35+,36+,37-,38+,39+,40+/m0/s1. The molecule has 0 aromatic heterocycles. The van der Waals surface area contributed by atoms with Crippen LogP contribution in [0, 0.1) is 58.2 Å². The number of hydrogen-bond acceptors (Lipinski definition) is 16. The minimum absolute atomic E-state index is 0.0103. The summed E-state index contributed by atoms with van der Waals surface area (Å²) < 4.78 is 74.9. The predicted molar refractivity (Wildman–Crippen MR) is 200 cm³/mol. The molecule has 0 aromatic carbocycles. The first-order chi connectivity index (χ1) is 26.6. The first-order valence-corrected chi connectivity index (χ1v) is 21.2. The van der Waals surface area contributed by atoms with Crippen molar-refractivity contribution in [2.45, 2.75) is 151 Å². The molecule has 4 aliphatic carbocycles. The average Bonchev–Trinajstić information content (AvgIpc) is 3.33. The van der Waals surface area contributed by atoms with Gasteiger partial charge < -0.3 is 28.4 Å². The molecular weight excluding hydrogens is 784 g/mol. The van der Waals surface area contributed by atoms with Crippen molar-refractivity contribution in [3.05, 3.63) is 0 Å². The summed E-state index contributed by atoms with van der Waals surface area (Å²) in [5.41, 5.74) is -2.12. The van der Waals surface area contributed by atoms with E-state index in [2.05, 4.69) is 0 Å². The van der Waals surface area contributed by atoms with Gasteiger partial charge in [0.15, 0.2) is 6.10 Å². The molecule has 0 heterocycles. The molecule has 0 spiro atoms. The quantitative estimate of drug-likeness (QED) is 0.157. The topological polar surface area (TPSA) is 238 Å². The summed E-state index contributed by atoms with van der Waals surface area (Å²) in [5.74, 6) is -9.48. The third-order valence-electron chi connectivity index (χ3n) is 13.6. The first kappa shape index (κ1) is 47.0. The smallest absolute Gasteiger partial charge is 0.397 e. The van der Waals surface area contributed by atoms with Crippen LogP contribution in [0.25, 0.3) is 0 Å². The van der Waals surface area contributed by atoms with Crippen molar-refractivity contribution in [2.75, 3.05) is 0 Å². The zero-order chi connectivity index (χ0) is 44.0. The van der Waals surface area contributed by atoms with Crippen LogP contribution < -0.4 is 0 Å². The molecule has 18 heteroatoms. The fourth-order valence-electron chi connectivity index (χ4n) is 11.4. The highest BCUT2D eigenvalue weighted by atomic mass is 32.3. The van der Waals surface area contributed by atoms with E-state index in [4.69, 9.17) is 32.6 Å². The van der Waals surface area contributed by atoms with E-state index >= 15 is 0 Å². The number of fused-ring (bicyclic) bond motifs is 5. The molecule has 0 aromatic rings. The van der Waals surface area contributed by atoms with E-state index in [9.17, 15) is 46.5 Å². The predicted octanol–water partition coefficient (Wildman–Crippen LogP) is 3.97. The number of ketones is 1. The van der Waals surface area contributed by atoms with Crippen LogP contribution in [0.2, 0.25) is 0 Å². The van der Waals surface area contributed by atoms with Gasteiger partial charge in [-0.15, -0.1) is 0 Å². The van der Waals surface area contributed by atoms with Crippen LogP contribution in [0.5, 0.6) is 0 Å². The highest BCUT2D eigenvalue weighted by Gasteiger charge is 2.73. The van der Waals surface area contributed by atoms with Crippen molar-refractivity contribution in [3.8, 4) is 0 Å². The summed E-state index contributed by atoms with van der Waals surface area (Å²) in [7, 11) is -5.20. The molecule has 4 rings (SSSR count). The lowest BCUT2D eigenvalue weighted by Crippen LogP contribution is -2.72. The Labute approximate surface area is 340 Å². The van der Waals surface area contributed by atoms with E-state index in [-0.39, 0.29) is 30.5 Å². The van der Waals surface area contributed by atoms with E-state index in [0.717, 1.165) is 27.7 Å². The van der Waals surface area contributed by atoms with Crippen molar-refractivity contribution >= 4 is 52.0 Å². The number of ether oxygens (including phenoxy) is 6. The van der Waals surface area contributed by atoms with E-state index in [1.165, 1.54) is 13.8 Å². The second-order valence-electron chi connectivity index (χ2n) is 17.7. The van der Waals surface area contributed by atoms with Gasteiger partial charge in [-0.3, -0.25) is 38.1 Å². The maximum atomic E-state index is 14.8. The zero-order valence-corrected chi connectivity index (χ0v) is 36.2. The van der Waals surface area contributed by atoms with Crippen molar-refractivity contribution < 1.29 is 79.1 Å². The fraction of sp³-hybridized carbons (Fsp3) is 0.825. The third-order valence-corrected chi connectivity index (χ3v) is 14.1. The molecule has 0 unspecified atom stereocenters. The number of esters is 6. The van der Waals surface area contributed by atoms with Gasteiger partial charge in [-0.1, -0.05) is 41.5 Å². The minimum Gasteiger partial charge on any atom is -0.458 e. The van der Waals surface area contributed by atoms with Gasteiger partial charge in [-0.25, -0.2) is 4.18 Å². The molecule has 0 aliphatic heterocycles. The van der Waals surface area contributed by atoms with Crippen LogP contribution in [0.15, 0.2) is 0 Å². The van der Waals surface area contributed by atoms with E-state index in [1.54, 1.807) is 6.92 Å². The molecule has 17 nitrogen and oxygen atoms in total. The van der Waals surface area contributed by atoms with E-state index in [1.807, 2.05) is 34.6 Å². The van der Waals surface area contributed by atoms with Crippen LogP contribution in [0.4, 0.5) is 0 Å². The Bertz CT molecular complexity index is 1740. The van der Waals surface area contributed by atoms with Crippen molar-refractivity contribution in [3.63, 3.8) is 0 Å². The Morgan fingerprint density at radius 2 is 1.16 bits per heavy atom. The Hall–Kier alpha value is -3.64. The fourth-order valence-corrected chi connectivity index (χ4v) is 11.9. The molecule has 0 bridgehead atoms. The summed E-state index contributed by atoms with van der Waals surface area (Å²) in [4.78, 5) is 91.1. The normalized spacial score (nSPS) is 36.4. The van der Waals surface area contributed by atoms with Gasteiger partial charge in [-0.05, 0) is 53.8 Å². The Morgan fingerprint density at radius 1 is 0.690 bits per heavy atom. The maximum absolute atomic E-state index is 14.8. The molecule has 4 aliphatic rings. The van der Waals surface area contributed by atoms with Crippen LogP contribution in [-0.2, 0) is 76.6 Å². The van der Waals surface area contributed by atoms with Crippen LogP contribution in [-0.4, -0.2) is 97.3 Å². The Balaban J connectivity index is 1.95. The van der Waals surface area contributed by atoms with Crippen LogP contribution >= 0.6 is 0 Å². The van der Waals surface area contributed by atoms with Gasteiger partial charge in [-0.2, -0.15) is 8.42 Å². The molecule has 0 saturated heterocycles. The minimum atomic E-state index is -5.20. The van der Waals surface area contributed by atoms with Crippen molar-refractivity contribution in [1.82, 2.24) is 0 Å². The lowest BCUT2D eigenvalue weighted by molar-refractivity contribution is -0.277. The van der Waals surface area contributed by atoms with Gasteiger partial charge in [0.05, 0.1) is 0 Å². The molecule has 4 saturated carbocycles. The van der Waals surface area contributed by atoms with Crippen molar-refractivity contribution in [2.24, 2.45) is 58.2 Å². The second-order valence-corrected chi connectivity index (χ2v) is 18.7. The second kappa shape index (κ2) is 17.5. The summed E-state index contributed by atoms with van der Waals surface area (Å²) in [6.07, 6.45) is -8.90. The van der Waals surface area contributed by atoms with Crippen molar-refractivity contribution in [1.29, 1.82) is 0 Å². The van der Waals surface area contributed by atoms with Crippen LogP contribution in [0.1, 0.15) is 109 Å². The highest BCUT2D eigenvalue weighted by Crippen LogP contribution is 2.69. The van der Waals surface area contributed by atoms with Gasteiger partial charge in [0, 0.05) is 71.6 Å². The Morgan fingerprint density at radius 3 is 1.62 bits per heavy atom. The largest absolute Gasteiger partial charge is 0.458 e. The van der Waals surface area contributed by atoms with Crippen LogP contribution in [0.3, 0.4) is 0 Å². The summed E-state index contributed by atoms with van der Waals surface area (Å²) in [5, 5.41) is 0. The number of carbonyl (C=O) groups excluding carboxylic acids is 7. The van der Waals surface area contributed by atoms with E-state index < -0.39 is 135 Å². The maximum Gasteiger partial charge on any atom is 0.397 e. The molecule has 4 fully saturated rings. The number of Topliss-reactive ketones (excluding diaryl/α,β-unsaturated/α-hetero) is 1. The summed E-state index contributed by atoms with van der Waals surface area (Å²) >= 11 is 0. The molecule has 0 radical (unpaired) electrons. The van der Waals surface area contributed by atoms with Gasteiger partial charge in [0.2, 0.25) is 0 Å². The summed E-state index contributed by atoms with van der Waals surface area (Å²) in [6.45, 7) is 18.3. The molecule has 1 N–H and O–H groups in total. The van der Waals surface area contributed by atoms with E-state index in [0.29, 0.717) is 12.8 Å². The number of hydrogen-bond donors (Lipinski definition) is 1. The highest BCUT2D eigenvalue weighted by molar-refractivity contribution is 7.80. The molecule has 16 atom stereocenters. The number of rotatable bonds is 13. The average molecular weight is 845 g/mol. The van der Waals surface area contributed by atoms with Gasteiger partial charge in [0.25, 0.3) is 0 Å². The molecule has 0 amide bonds. The summed E-state index contributed by atoms with van der Waals surface area (Å²) in [6, 6.07) is 0. The monoisotopic (exact) mass is 844 g/mol. The lowest BCUT2D eigenvalue weighted by Gasteiger charge is -2.65. The zero-order valence-electron chi connectivity index (χ0n) is 35.4. The first-order valence-electron chi connectivity index (χ1n) is 19.9. The molecule has 328 valence electrons. The molecular formula is C40H60O17S. The number of carbonyl (C=O) groups is 7. The SMILES string of the molecule is CC(=O)O[C@H]([C@@H](C)[C@H]1CC(=O)[C@H]2[C@@H]3[C@@H](OC(C)=O)[C@H](OC(C)=O)[C@H]4[C@H](OC(C)=O)[C@H](OC(C)=O)[C@@H](OS(=O)(=O)O)C[C@]4(C)[C@H]3CC[C@]12C)[C@H](OC(C)=O)[C@@H](C)C(C)C. The Kier molecular flexibility index (Phi) is 14.2. The van der Waals surface area contributed by atoms with Gasteiger partial charge >= 0.3 is 46.2 Å². The molecule has 58 heavy (non-hydrogen) atoms. The lowest BCUT2D eigenvalue weighted by atomic mass is 9.42. The van der Waals surface area contributed by atoms with Gasteiger partial charge in [0.1, 0.15) is 42.4 Å². The third kappa shape index (κ3) is 9.53.